The SMILES string of the molecule is CC(C)(C)OC(=O)N1CC[C@H](n2c3ccccc3c3ccccc32)[C@@H](O)C1. The van der Waals surface area contributed by atoms with Gasteiger partial charge in [-0.2, -0.15) is 0 Å². The van der Waals surface area contributed by atoms with E-state index in [1.54, 1.807) is 4.90 Å². The lowest BCUT2D eigenvalue weighted by Gasteiger charge is -2.37. The third-order valence-electron chi connectivity index (χ3n) is 5.15. The first kappa shape index (κ1) is 17.9. The quantitative estimate of drug-likeness (QED) is 0.697. The summed E-state index contributed by atoms with van der Waals surface area (Å²) in [5.41, 5.74) is 1.70. The summed E-state index contributed by atoms with van der Waals surface area (Å²) in [6.07, 6.45) is -0.323. The Kier molecular flexibility index (Phi) is 4.35. The molecule has 4 rings (SSSR count). The predicted octanol–water partition coefficient (Wildman–Crippen LogP) is 4.34. The van der Waals surface area contributed by atoms with Crippen LogP contribution in [0.3, 0.4) is 0 Å². The van der Waals surface area contributed by atoms with Gasteiger partial charge >= 0.3 is 6.09 Å². The molecule has 2 heterocycles. The molecule has 1 fully saturated rings. The van der Waals surface area contributed by atoms with E-state index in [2.05, 4.69) is 28.8 Å². The van der Waals surface area contributed by atoms with Crippen LogP contribution in [0.1, 0.15) is 33.2 Å². The van der Waals surface area contributed by atoms with Crippen LogP contribution in [0.5, 0.6) is 0 Å². The first-order valence-corrected chi connectivity index (χ1v) is 9.49. The fraction of sp³-hybridized carbons (Fsp3) is 0.409. The molecule has 0 radical (unpaired) electrons. The van der Waals surface area contributed by atoms with E-state index in [4.69, 9.17) is 4.74 Å². The average Bonchev–Trinajstić information content (AvgIpc) is 2.95. The Labute approximate surface area is 159 Å². The number of amides is 1. The number of hydrogen-bond acceptors (Lipinski definition) is 3. The molecule has 0 spiro atoms. The number of carbonyl (C=O) groups excluding carboxylic acids is 1. The van der Waals surface area contributed by atoms with Gasteiger partial charge < -0.3 is 19.3 Å². The number of aromatic nitrogens is 1. The maximum absolute atomic E-state index is 12.4. The van der Waals surface area contributed by atoms with E-state index in [0.29, 0.717) is 13.0 Å². The lowest BCUT2D eigenvalue weighted by atomic mass is 10.0. The van der Waals surface area contributed by atoms with Crippen LogP contribution in [0.4, 0.5) is 4.79 Å². The number of piperidine rings is 1. The number of nitrogens with zero attached hydrogens (tertiary/aromatic N) is 2. The fourth-order valence-electron chi connectivity index (χ4n) is 4.02. The summed E-state index contributed by atoms with van der Waals surface area (Å²) in [5, 5.41) is 13.3. The fourth-order valence-corrected chi connectivity index (χ4v) is 4.02. The first-order chi connectivity index (χ1) is 12.8. The van der Waals surface area contributed by atoms with Crippen LogP contribution in [-0.4, -0.2) is 45.5 Å². The normalized spacial score (nSPS) is 21.0. The van der Waals surface area contributed by atoms with Gasteiger partial charge in [0.05, 0.1) is 18.7 Å². The van der Waals surface area contributed by atoms with E-state index in [1.165, 1.54) is 10.8 Å². The zero-order valence-corrected chi connectivity index (χ0v) is 16.1. The van der Waals surface area contributed by atoms with Gasteiger partial charge in [0.25, 0.3) is 0 Å². The Bertz CT molecular complexity index is 933. The minimum atomic E-state index is -0.648. The van der Waals surface area contributed by atoms with Crippen LogP contribution in [0.2, 0.25) is 0 Å². The third-order valence-corrected chi connectivity index (χ3v) is 5.15. The smallest absolute Gasteiger partial charge is 0.410 e. The highest BCUT2D eigenvalue weighted by molar-refractivity contribution is 6.08. The summed E-state index contributed by atoms with van der Waals surface area (Å²) in [5.74, 6) is 0. The summed E-state index contributed by atoms with van der Waals surface area (Å²) in [6, 6.07) is 16.5. The number of aliphatic hydroxyl groups excluding tert-OH is 1. The number of para-hydroxylation sites is 2. The van der Waals surface area contributed by atoms with Crippen molar-refractivity contribution in [2.75, 3.05) is 13.1 Å². The van der Waals surface area contributed by atoms with Crippen molar-refractivity contribution in [2.45, 2.75) is 44.9 Å². The molecule has 1 N–H and O–H groups in total. The molecule has 1 aliphatic rings. The van der Waals surface area contributed by atoms with Crippen molar-refractivity contribution in [3.63, 3.8) is 0 Å². The van der Waals surface area contributed by atoms with Crippen LogP contribution in [0, 0.1) is 0 Å². The van der Waals surface area contributed by atoms with Gasteiger partial charge in [-0.3, -0.25) is 0 Å². The number of benzene rings is 2. The zero-order chi connectivity index (χ0) is 19.2. The molecule has 27 heavy (non-hydrogen) atoms. The number of hydrogen-bond donors (Lipinski definition) is 1. The maximum atomic E-state index is 12.4. The standard InChI is InChI=1S/C22H26N2O3/c1-22(2,3)27-21(26)23-13-12-19(20(25)14-23)24-17-10-6-4-8-15(17)16-9-5-7-11-18(16)24/h4-11,19-20,25H,12-14H2,1-3H3/t19-,20-/m0/s1. The number of rotatable bonds is 1. The van der Waals surface area contributed by atoms with E-state index in [-0.39, 0.29) is 18.7 Å². The van der Waals surface area contributed by atoms with Crippen LogP contribution < -0.4 is 0 Å². The molecular formula is C22H26N2O3. The van der Waals surface area contributed by atoms with Gasteiger partial charge in [-0.25, -0.2) is 4.79 Å². The molecule has 2 aromatic carbocycles. The van der Waals surface area contributed by atoms with Gasteiger partial charge in [0.15, 0.2) is 0 Å². The highest BCUT2D eigenvalue weighted by Gasteiger charge is 2.34. The highest BCUT2D eigenvalue weighted by Crippen LogP contribution is 2.35. The second-order valence-electron chi connectivity index (χ2n) is 8.25. The monoisotopic (exact) mass is 366 g/mol. The van der Waals surface area contributed by atoms with Crippen molar-refractivity contribution < 1.29 is 14.6 Å². The topological polar surface area (TPSA) is 54.7 Å². The molecule has 0 saturated carbocycles. The van der Waals surface area contributed by atoms with E-state index in [1.807, 2.05) is 45.0 Å². The summed E-state index contributed by atoms with van der Waals surface area (Å²) in [4.78, 5) is 14.0. The van der Waals surface area contributed by atoms with Gasteiger partial charge in [-0.15, -0.1) is 0 Å². The number of aliphatic hydroxyl groups is 1. The summed E-state index contributed by atoms with van der Waals surface area (Å²) in [7, 11) is 0. The van der Waals surface area contributed by atoms with Gasteiger partial charge in [0.1, 0.15) is 5.60 Å². The van der Waals surface area contributed by atoms with E-state index < -0.39 is 11.7 Å². The van der Waals surface area contributed by atoms with Gasteiger partial charge in [-0.1, -0.05) is 36.4 Å². The molecule has 3 aromatic rings. The molecule has 0 unspecified atom stereocenters. The summed E-state index contributed by atoms with van der Waals surface area (Å²) >= 11 is 0. The largest absolute Gasteiger partial charge is 0.444 e. The second kappa shape index (κ2) is 6.57. The lowest BCUT2D eigenvalue weighted by molar-refractivity contribution is -0.00880. The first-order valence-electron chi connectivity index (χ1n) is 9.49. The Balaban J connectivity index is 1.66. The van der Waals surface area contributed by atoms with Crippen molar-refractivity contribution in [3.05, 3.63) is 48.5 Å². The molecule has 1 saturated heterocycles. The second-order valence-corrected chi connectivity index (χ2v) is 8.25. The molecule has 2 atom stereocenters. The van der Waals surface area contributed by atoms with E-state index in [0.717, 1.165) is 11.0 Å². The Morgan fingerprint density at radius 2 is 1.59 bits per heavy atom. The third kappa shape index (κ3) is 3.28. The van der Waals surface area contributed by atoms with Crippen molar-refractivity contribution in [1.82, 2.24) is 9.47 Å². The van der Waals surface area contributed by atoms with E-state index in [9.17, 15) is 9.90 Å². The van der Waals surface area contributed by atoms with Crippen molar-refractivity contribution >= 4 is 27.9 Å². The number of fused-ring (bicyclic) bond motifs is 3. The van der Waals surface area contributed by atoms with Crippen molar-refractivity contribution in [2.24, 2.45) is 0 Å². The number of β-amino-alcohol motifs (C(OH)–C–C–N with tert-alkyl or cyclic N) is 1. The lowest BCUT2D eigenvalue weighted by Crippen LogP contribution is -2.48. The molecule has 5 nitrogen and oxygen atoms in total. The number of carbonyl (C=O) groups is 1. The molecule has 142 valence electrons. The maximum Gasteiger partial charge on any atom is 0.410 e. The molecule has 1 aliphatic heterocycles. The summed E-state index contributed by atoms with van der Waals surface area (Å²) in [6.45, 7) is 6.41. The number of ether oxygens (including phenoxy) is 1. The van der Waals surface area contributed by atoms with Crippen LogP contribution >= 0.6 is 0 Å². The Morgan fingerprint density at radius 1 is 1.04 bits per heavy atom. The summed E-state index contributed by atoms with van der Waals surface area (Å²) < 4.78 is 7.70. The van der Waals surface area contributed by atoms with E-state index >= 15 is 0 Å². The van der Waals surface area contributed by atoms with Crippen molar-refractivity contribution in [1.29, 1.82) is 0 Å². The van der Waals surface area contributed by atoms with Crippen molar-refractivity contribution in [3.8, 4) is 0 Å². The minimum absolute atomic E-state index is 0.0755. The Morgan fingerprint density at radius 3 is 2.11 bits per heavy atom. The molecule has 0 bridgehead atoms. The molecule has 5 heteroatoms. The molecule has 1 aromatic heterocycles. The molecular weight excluding hydrogens is 340 g/mol. The van der Waals surface area contributed by atoms with Crippen LogP contribution in [0.25, 0.3) is 21.8 Å². The van der Waals surface area contributed by atoms with Crippen LogP contribution in [0.15, 0.2) is 48.5 Å². The molecule has 0 aliphatic carbocycles. The zero-order valence-electron chi connectivity index (χ0n) is 16.1. The Hall–Kier alpha value is -2.53. The van der Waals surface area contributed by atoms with Crippen LogP contribution in [-0.2, 0) is 4.74 Å². The number of likely N-dealkylation sites (tertiary alicyclic amines) is 1. The average molecular weight is 366 g/mol. The minimum Gasteiger partial charge on any atom is -0.444 e. The highest BCUT2D eigenvalue weighted by atomic mass is 16.6. The van der Waals surface area contributed by atoms with Gasteiger partial charge in [-0.05, 0) is 39.3 Å². The molecule has 1 amide bonds. The van der Waals surface area contributed by atoms with Gasteiger partial charge in [0.2, 0.25) is 0 Å². The van der Waals surface area contributed by atoms with Gasteiger partial charge in [0, 0.05) is 28.4 Å². The predicted molar refractivity (Wildman–Crippen MR) is 107 cm³/mol.